The van der Waals surface area contributed by atoms with Crippen molar-refractivity contribution >= 4 is 10.2 Å². The minimum absolute atomic E-state index is 0.0434. The predicted molar refractivity (Wildman–Crippen MR) is 123 cm³/mol. The van der Waals surface area contributed by atoms with Crippen molar-refractivity contribution in [1.29, 1.82) is 0 Å². The second-order valence-electron chi connectivity index (χ2n) is 8.95. The molecule has 10 heteroatoms. The third-order valence-electron chi connectivity index (χ3n) is 6.49. The van der Waals surface area contributed by atoms with Gasteiger partial charge in [0.15, 0.2) is 0 Å². The Hall–Kier alpha value is -2.72. The molecule has 0 radical (unpaired) electrons. The molecule has 3 aromatic rings. The van der Waals surface area contributed by atoms with Crippen molar-refractivity contribution in [2.24, 2.45) is 5.41 Å². The average molecular weight is 493 g/mol. The van der Waals surface area contributed by atoms with Crippen LogP contribution in [0.15, 0.2) is 54.9 Å². The summed E-state index contributed by atoms with van der Waals surface area (Å²) in [6.45, 7) is 0. The molecule has 2 heterocycles. The summed E-state index contributed by atoms with van der Waals surface area (Å²) < 4.78 is 68.8. The van der Waals surface area contributed by atoms with E-state index in [1.54, 1.807) is 6.20 Å². The van der Waals surface area contributed by atoms with Crippen LogP contribution in [0.25, 0.3) is 11.3 Å². The Bertz CT molecular complexity index is 1230. The molecule has 1 aromatic carbocycles. The van der Waals surface area contributed by atoms with E-state index in [2.05, 4.69) is 9.97 Å². The van der Waals surface area contributed by atoms with Gasteiger partial charge in [0.2, 0.25) is 0 Å². The second kappa shape index (κ2) is 9.14. The smallest absolute Gasteiger partial charge is 0.256 e. The summed E-state index contributed by atoms with van der Waals surface area (Å²) in [5.74, 6) is 0.231. The quantitative estimate of drug-likeness (QED) is 0.459. The molecule has 2 aromatic heterocycles. The molecule has 0 N–H and O–H groups in total. The van der Waals surface area contributed by atoms with Crippen molar-refractivity contribution < 1.29 is 21.6 Å². The van der Waals surface area contributed by atoms with E-state index >= 15 is 0 Å². The molecule has 1 saturated carbocycles. The SMILES string of the molecule is CN(C)S(=O)(=O)n1cc(CC2(C(F)(F)F)CCC2)nc1CCc1ccc(-c2ccccn2)cc1. The van der Waals surface area contributed by atoms with Crippen LogP contribution in [0.4, 0.5) is 13.2 Å². The Labute approximate surface area is 197 Å². The molecular formula is C24H27F3N4O2S. The molecule has 1 aliphatic rings. The van der Waals surface area contributed by atoms with Crippen molar-refractivity contribution in [3.63, 3.8) is 0 Å². The highest BCUT2D eigenvalue weighted by Crippen LogP contribution is 2.54. The van der Waals surface area contributed by atoms with E-state index in [0.717, 1.165) is 25.1 Å². The second-order valence-corrected chi connectivity index (χ2v) is 11.0. The number of hydrogen-bond acceptors (Lipinski definition) is 4. The van der Waals surface area contributed by atoms with E-state index < -0.39 is 21.8 Å². The largest absolute Gasteiger partial charge is 0.394 e. The lowest BCUT2D eigenvalue weighted by Gasteiger charge is -2.42. The van der Waals surface area contributed by atoms with Crippen molar-refractivity contribution in [1.82, 2.24) is 18.2 Å². The van der Waals surface area contributed by atoms with E-state index in [1.165, 1.54) is 20.3 Å². The minimum atomic E-state index is -4.34. The van der Waals surface area contributed by atoms with E-state index in [1.807, 2.05) is 42.5 Å². The molecule has 0 amide bonds. The standard InChI is InChI=1S/C24H27F3N4O2S/c1-30(2)34(32,33)31-17-20(16-23(13-5-14-23)24(25,26)27)29-22(31)12-9-18-7-10-19(11-8-18)21-6-3-4-15-28-21/h3-4,6-8,10-11,15,17H,5,9,12-14,16H2,1-2H3. The molecule has 4 rings (SSSR count). The van der Waals surface area contributed by atoms with Crippen molar-refractivity contribution in [3.8, 4) is 11.3 Å². The Kier molecular flexibility index (Phi) is 6.56. The number of nitrogens with zero attached hydrogens (tertiary/aromatic N) is 4. The molecule has 0 spiro atoms. The molecule has 0 unspecified atom stereocenters. The van der Waals surface area contributed by atoms with Crippen LogP contribution in [0.5, 0.6) is 0 Å². The molecular weight excluding hydrogens is 465 g/mol. The van der Waals surface area contributed by atoms with Crippen molar-refractivity contribution in [2.45, 2.75) is 44.7 Å². The fourth-order valence-corrected chi connectivity index (χ4v) is 5.23. The first-order valence-corrected chi connectivity index (χ1v) is 12.5. The molecule has 0 atom stereocenters. The van der Waals surface area contributed by atoms with Gasteiger partial charge in [0.1, 0.15) is 5.82 Å². The fraction of sp³-hybridized carbons (Fsp3) is 0.417. The van der Waals surface area contributed by atoms with Crippen molar-refractivity contribution in [2.75, 3.05) is 14.1 Å². The molecule has 6 nitrogen and oxygen atoms in total. The number of rotatable bonds is 8. The van der Waals surface area contributed by atoms with Crippen LogP contribution in [0.1, 0.15) is 36.3 Å². The summed E-state index contributed by atoms with van der Waals surface area (Å²) in [6, 6.07) is 13.4. The van der Waals surface area contributed by atoms with Gasteiger partial charge in [-0.05, 0) is 37.0 Å². The highest BCUT2D eigenvalue weighted by Gasteiger charge is 2.58. The van der Waals surface area contributed by atoms with Gasteiger partial charge in [-0.15, -0.1) is 0 Å². The maximum atomic E-state index is 13.7. The summed E-state index contributed by atoms with van der Waals surface area (Å²) in [6.07, 6.45) is -0.315. The Morgan fingerprint density at radius 3 is 2.29 bits per heavy atom. The van der Waals surface area contributed by atoms with Gasteiger partial charge in [0.25, 0.3) is 0 Å². The lowest BCUT2D eigenvalue weighted by Crippen LogP contribution is -2.45. The fourth-order valence-electron chi connectivity index (χ4n) is 4.22. The number of hydrogen-bond donors (Lipinski definition) is 0. The number of benzene rings is 1. The average Bonchev–Trinajstić information content (AvgIpc) is 3.18. The highest BCUT2D eigenvalue weighted by molar-refractivity contribution is 7.87. The maximum absolute atomic E-state index is 13.7. The van der Waals surface area contributed by atoms with Gasteiger partial charge >= 0.3 is 16.4 Å². The van der Waals surface area contributed by atoms with E-state index in [-0.39, 0.29) is 37.2 Å². The normalized spacial score (nSPS) is 15.9. The van der Waals surface area contributed by atoms with Crippen LogP contribution in [-0.2, 0) is 29.5 Å². The Morgan fingerprint density at radius 1 is 1.06 bits per heavy atom. The first-order chi connectivity index (χ1) is 16.0. The molecule has 182 valence electrons. The molecule has 34 heavy (non-hydrogen) atoms. The van der Waals surface area contributed by atoms with Gasteiger partial charge in [0.05, 0.1) is 16.8 Å². The van der Waals surface area contributed by atoms with E-state index in [0.29, 0.717) is 12.8 Å². The molecule has 0 bridgehead atoms. The number of imidazole rings is 1. The minimum Gasteiger partial charge on any atom is -0.256 e. The van der Waals surface area contributed by atoms with Gasteiger partial charge in [-0.3, -0.25) is 4.98 Å². The van der Waals surface area contributed by atoms with Gasteiger partial charge in [0, 0.05) is 44.9 Å². The third-order valence-corrected chi connectivity index (χ3v) is 8.22. The molecule has 0 saturated heterocycles. The molecule has 0 aliphatic heterocycles. The van der Waals surface area contributed by atoms with Gasteiger partial charge in [-0.1, -0.05) is 36.8 Å². The van der Waals surface area contributed by atoms with Crippen LogP contribution in [0, 0.1) is 5.41 Å². The summed E-state index contributed by atoms with van der Waals surface area (Å²) in [7, 11) is -1.14. The van der Waals surface area contributed by atoms with Crippen LogP contribution in [0.2, 0.25) is 0 Å². The Morgan fingerprint density at radius 2 is 1.76 bits per heavy atom. The number of halogens is 3. The monoisotopic (exact) mass is 492 g/mol. The van der Waals surface area contributed by atoms with Crippen LogP contribution in [0.3, 0.4) is 0 Å². The number of alkyl halides is 3. The van der Waals surface area contributed by atoms with Gasteiger partial charge in [-0.25, -0.2) is 8.96 Å². The van der Waals surface area contributed by atoms with Crippen molar-refractivity contribution in [3.05, 3.63) is 71.9 Å². The predicted octanol–water partition coefficient (Wildman–Crippen LogP) is 4.66. The maximum Gasteiger partial charge on any atom is 0.394 e. The topological polar surface area (TPSA) is 68.1 Å². The number of aromatic nitrogens is 3. The zero-order chi connectivity index (χ0) is 24.6. The van der Waals surface area contributed by atoms with Crippen LogP contribution in [-0.4, -0.2) is 46.9 Å². The zero-order valence-electron chi connectivity index (χ0n) is 19.1. The highest BCUT2D eigenvalue weighted by atomic mass is 32.2. The zero-order valence-corrected chi connectivity index (χ0v) is 19.9. The summed E-state index contributed by atoms with van der Waals surface area (Å²) in [4.78, 5) is 8.69. The summed E-state index contributed by atoms with van der Waals surface area (Å²) in [5, 5.41) is 0. The lowest BCUT2D eigenvalue weighted by molar-refractivity contribution is -0.250. The first kappa shape index (κ1) is 24.4. The van der Waals surface area contributed by atoms with Gasteiger partial charge < -0.3 is 0 Å². The summed E-state index contributed by atoms with van der Waals surface area (Å²) >= 11 is 0. The lowest BCUT2D eigenvalue weighted by atomic mass is 9.65. The van der Waals surface area contributed by atoms with E-state index in [4.69, 9.17) is 0 Å². The van der Waals surface area contributed by atoms with E-state index in [9.17, 15) is 21.6 Å². The van der Waals surface area contributed by atoms with Gasteiger partial charge in [-0.2, -0.15) is 25.9 Å². The van der Waals surface area contributed by atoms with Crippen LogP contribution >= 0.6 is 0 Å². The Balaban J connectivity index is 1.57. The first-order valence-electron chi connectivity index (χ1n) is 11.1. The molecule has 1 aliphatic carbocycles. The number of aryl methyl sites for hydroxylation is 2. The number of pyridine rings is 1. The third kappa shape index (κ3) is 4.74. The molecule has 1 fully saturated rings. The summed E-state index contributed by atoms with van der Waals surface area (Å²) in [5.41, 5.74) is 1.11. The van der Waals surface area contributed by atoms with Crippen LogP contribution < -0.4 is 0 Å².